The summed E-state index contributed by atoms with van der Waals surface area (Å²) >= 11 is 1.42. The van der Waals surface area contributed by atoms with E-state index in [4.69, 9.17) is 4.74 Å². The highest BCUT2D eigenvalue weighted by molar-refractivity contribution is 7.99. The summed E-state index contributed by atoms with van der Waals surface area (Å²) < 4.78 is 9.51. The van der Waals surface area contributed by atoms with E-state index in [0.29, 0.717) is 11.8 Å². The van der Waals surface area contributed by atoms with E-state index in [0.717, 1.165) is 33.6 Å². The maximum absolute atomic E-state index is 12.8. The molecule has 4 rings (SSSR count). The van der Waals surface area contributed by atoms with E-state index in [1.165, 1.54) is 30.3 Å². The van der Waals surface area contributed by atoms with Gasteiger partial charge >= 0.3 is 0 Å². The van der Waals surface area contributed by atoms with E-state index < -0.39 is 0 Å². The van der Waals surface area contributed by atoms with Gasteiger partial charge < -0.3 is 13.9 Å². The molecule has 28 heavy (non-hydrogen) atoms. The molecule has 1 aliphatic carbocycles. The quantitative estimate of drug-likeness (QED) is 0.442. The molecule has 1 aromatic carbocycles. The van der Waals surface area contributed by atoms with E-state index in [1.54, 1.807) is 7.11 Å². The van der Waals surface area contributed by atoms with Crippen LogP contribution in [0, 0.1) is 13.8 Å². The standard InChI is InChI=1S/C21H24N4O2S/c1-13-10-18(14(2)25(13)16-8-9-16)19(26)12-28-21-23-22-20(24(21)3)15-6-5-7-17(11-15)27-4/h5-7,10-11,16H,8-9,12H2,1-4H3. The van der Waals surface area contributed by atoms with Crippen molar-refractivity contribution >= 4 is 17.5 Å². The molecule has 0 saturated heterocycles. The summed E-state index contributed by atoms with van der Waals surface area (Å²) in [4.78, 5) is 12.8. The molecule has 0 amide bonds. The van der Waals surface area contributed by atoms with E-state index in [9.17, 15) is 4.79 Å². The smallest absolute Gasteiger partial charge is 0.191 e. The van der Waals surface area contributed by atoms with Crippen molar-refractivity contribution in [2.24, 2.45) is 7.05 Å². The van der Waals surface area contributed by atoms with E-state index >= 15 is 0 Å². The summed E-state index contributed by atoms with van der Waals surface area (Å²) in [5.74, 6) is 2.01. The van der Waals surface area contributed by atoms with Crippen molar-refractivity contribution in [3.05, 3.63) is 47.3 Å². The molecule has 0 atom stereocenters. The molecule has 1 saturated carbocycles. The van der Waals surface area contributed by atoms with Gasteiger partial charge in [0.25, 0.3) is 0 Å². The van der Waals surface area contributed by atoms with Crippen molar-refractivity contribution < 1.29 is 9.53 Å². The maximum Gasteiger partial charge on any atom is 0.191 e. The Labute approximate surface area is 168 Å². The third-order valence-corrected chi connectivity index (χ3v) is 6.21. The minimum absolute atomic E-state index is 0.135. The number of aryl methyl sites for hydroxylation is 1. The summed E-state index contributed by atoms with van der Waals surface area (Å²) in [6, 6.07) is 10.3. The van der Waals surface area contributed by atoms with Crippen LogP contribution in [0.15, 0.2) is 35.5 Å². The van der Waals surface area contributed by atoms with Gasteiger partial charge in [0, 0.05) is 35.6 Å². The second kappa shape index (κ2) is 7.47. The minimum Gasteiger partial charge on any atom is -0.497 e. The Morgan fingerprint density at radius 1 is 1.25 bits per heavy atom. The van der Waals surface area contributed by atoms with Crippen molar-refractivity contribution in [3.63, 3.8) is 0 Å². The number of carbonyl (C=O) groups is 1. The van der Waals surface area contributed by atoms with Gasteiger partial charge in [-0.05, 0) is 44.9 Å². The second-order valence-electron chi connectivity index (χ2n) is 7.19. The Bertz CT molecular complexity index is 1030. The summed E-state index contributed by atoms with van der Waals surface area (Å²) in [7, 11) is 3.56. The first-order chi connectivity index (χ1) is 13.5. The number of Topliss-reactive ketones (excluding diaryl/α,β-unsaturated/α-hetero) is 1. The molecular weight excluding hydrogens is 372 g/mol. The lowest BCUT2D eigenvalue weighted by atomic mass is 10.2. The predicted octanol–water partition coefficient (Wildman–Crippen LogP) is 4.22. The number of hydrogen-bond donors (Lipinski definition) is 0. The minimum atomic E-state index is 0.135. The molecule has 3 aromatic rings. The molecule has 0 bridgehead atoms. The lowest BCUT2D eigenvalue weighted by molar-refractivity contribution is 0.102. The average Bonchev–Trinajstić information content (AvgIpc) is 3.39. The Morgan fingerprint density at radius 3 is 2.75 bits per heavy atom. The van der Waals surface area contributed by atoms with Crippen molar-refractivity contribution in [2.75, 3.05) is 12.9 Å². The maximum atomic E-state index is 12.8. The highest BCUT2D eigenvalue weighted by Crippen LogP contribution is 2.38. The van der Waals surface area contributed by atoms with Crippen LogP contribution in [0.4, 0.5) is 0 Å². The summed E-state index contributed by atoms with van der Waals surface area (Å²) in [5.41, 5.74) is 4.01. The van der Waals surface area contributed by atoms with Crippen LogP contribution < -0.4 is 4.74 Å². The average molecular weight is 397 g/mol. The van der Waals surface area contributed by atoms with Gasteiger partial charge in [-0.2, -0.15) is 0 Å². The molecule has 2 aromatic heterocycles. The van der Waals surface area contributed by atoms with Crippen LogP contribution in [-0.2, 0) is 7.05 Å². The number of rotatable bonds is 7. The molecule has 1 fully saturated rings. The fraction of sp³-hybridized carbons (Fsp3) is 0.381. The Balaban J connectivity index is 1.49. The molecule has 0 N–H and O–H groups in total. The fourth-order valence-electron chi connectivity index (χ4n) is 3.62. The Hall–Kier alpha value is -2.54. The number of hydrogen-bond acceptors (Lipinski definition) is 5. The number of methoxy groups -OCH3 is 1. The summed E-state index contributed by atoms with van der Waals surface area (Å²) in [6.07, 6.45) is 2.43. The topological polar surface area (TPSA) is 61.9 Å². The van der Waals surface area contributed by atoms with Gasteiger partial charge in [0.05, 0.1) is 12.9 Å². The van der Waals surface area contributed by atoms with Crippen molar-refractivity contribution in [3.8, 4) is 17.1 Å². The van der Waals surface area contributed by atoms with Crippen LogP contribution in [0.2, 0.25) is 0 Å². The molecular formula is C21H24N4O2S. The first kappa shape index (κ1) is 18.8. The molecule has 0 aliphatic heterocycles. The normalized spacial score (nSPS) is 13.7. The molecule has 6 nitrogen and oxygen atoms in total. The van der Waals surface area contributed by atoms with Crippen LogP contribution in [0.3, 0.4) is 0 Å². The Kier molecular flexibility index (Phi) is 5.02. The third kappa shape index (κ3) is 3.46. The third-order valence-electron chi connectivity index (χ3n) is 5.19. The highest BCUT2D eigenvalue weighted by Gasteiger charge is 2.28. The first-order valence-corrected chi connectivity index (χ1v) is 10.4. The van der Waals surface area contributed by atoms with Gasteiger partial charge in [0.15, 0.2) is 16.8 Å². The number of thioether (sulfide) groups is 1. The fourth-order valence-corrected chi connectivity index (χ4v) is 4.41. The van der Waals surface area contributed by atoms with E-state index in [-0.39, 0.29) is 5.78 Å². The summed E-state index contributed by atoms with van der Waals surface area (Å²) in [5, 5.41) is 9.30. The molecule has 0 spiro atoms. The van der Waals surface area contributed by atoms with E-state index in [2.05, 4.69) is 21.7 Å². The number of ketones is 1. The zero-order chi connectivity index (χ0) is 19.8. The molecule has 0 radical (unpaired) electrons. The molecule has 7 heteroatoms. The van der Waals surface area contributed by atoms with Crippen molar-refractivity contribution in [1.82, 2.24) is 19.3 Å². The van der Waals surface area contributed by atoms with Crippen LogP contribution >= 0.6 is 11.8 Å². The monoisotopic (exact) mass is 396 g/mol. The lowest BCUT2D eigenvalue weighted by Crippen LogP contribution is -2.06. The Morgan fingerprint density at radius 2 is 2.04 bits per heavy atom. The summed E-state index contributed by atoms with van der Waals surface area (Å²) in [6.45, 7) is 4.13. The zero-order valence-electron chi connectivity index (χ0n) is 16.6. The van der Waals surface area contributed by atoms with E-state index in [1.807, 2.05) is 48.9 Å². The largest absolute Gasteiger partial charge is 0.497 e. The number of ether oxygens (including phenoxy) is 1. The van der Waals surface area contributed by atoms with Crippen LogP contribution in [-0.4, -0.2) is 38.0 Å². The zero-order valence-corrected chi connectivity index (χ0v) is 17.4. The molecule has 146 valence electrons. The highest BCUT2D eigenvalue weighted by atomic mass is 32.2. The number of benzene rings is 1. The van der Waals surface area contributed by atoms with Crippen molar-refractivity contribution in [1.29, 1.82) is 0 Å². The predicted molar refractivity (Wildman–Crippen MR) is 110 cm³/mol. The van der Waals surface area contributed by atoms with Gasteiger partial charge in [-0.15, -0.1) is 10.2 Å². The van der Waals surface area contributed by atoms with Crippen LogP contribution in [0.25, 0.3) is 11.4 Å². The SMILES string of the molecule is COc1cccc(-c2nnc(SCC(=O)c3cc(C)n(C4CC4)c3C)n2C)c1. The van der Waals surface area contributed by atoms with Gasteiger partial charge in [-0.3, -0.25) is 4.79 Å². The van der Waals surface area contributed by atoms with Gasteiger partial charge in [0.2, 0.25) is 0 Å². The first-order valence-electron chi connectivity index (χ1n) is 9.38. The van der Waals surface area contributed by atoms with Gasteiger partial charge in [0.1, 0.15) is 5.75 Å². The van der Waals surface area contributed by atoms with Gasteiger partial charge in [-0.25, -0.2) is 0 Å². The lowest BCUT2D eigenvalue weighted by Gasteiger charge is -2.07. The van der Waals surface area contributed by atoms with Gasteiger partial charge in [-0.1, -0.05) is 23.9 Å². The second-order valence-corrected chi connectivity index (χ2v) is 8.14. The van der Waals surface area contributed by atoms with Crippen LogP contribution in [0.1, 0.15) is 40.6 Å². The number of nitrogens with zero attached hydrogens (tertiary/aromatic N) is 4. The molecule has 1 aliphatic rings. The molecule has 0 unspecified atom stereocenters. The number of aromatic nitrogens is 4. The van der Waals surface area contributed by atoms with Crippen molar-refractivity contribution in [2.45, 2.75) is 37.9 Å². The van der Waals surface area contributed by atoms with Crippen LogP contribution in [0.5, 0.6) is 5.75 Å². The molecule has 2 heterocycles. The number of carbonyl (C=O) groups excluding carboxylic acids is 1.